The van der Waals surface area contributed by atoms with E-state index in [1.165, 1.54) is 6.08 Å². The van der Waals surface area contributed by atoms with E-state index in [4.69, 9.17) is 0 Å². The standard InChI is InChI=1S/C13H13NO3S/c1-2-7-18(16,17)14-12-10-6-4-3-5-9(10)8-11(12)13(14)15/h2-6,11-12H,1,7-8H2. The zero-order chi connectivity index (χ0) is 12.9. The maximum atomic E-state index is 12.0. The molecule has 1 aliphatic heterocycles. The van der Waals surface area contributed by atoms with Crippen molar-refractivity contribution in [3.63, 3.8) is 0 Å². The van der Waals surface area contributed by atoms with Crippen molar-refractivity contribution < 1.29 is 13.2 Å². The van der Waals surface area contributed by atoms with Gasteiger partial charge in [-0.25, -0.2) is 12.7 Å². The monoisotopic (exact) mass is 263 g/mol. The minimum atomic E-state index is -3.55. The van der Waals surface area contributed by atoms with Crippen LogP contribution in [0.25, 0.3) is 0 Å². The van der Waals surface area contributed by atoms with Crippen LogP contribution < -0.4 is 0 Å². The number of rotatable bonds is 3. The third kappa shape index (κ3) is 1.37. The van der Waals surface area contributed by atoms with E-state index in [0.29, 0.717) is 6.42 Å². The van der Waals surface area contributed by atoms with E-state index >= 15 is 0 Å². The maximum absolute atomic E-state index is 12.0. The minimum absolute atomic E-state index is 0.190. The van der Waals surface area contributed by atoms with E-state index in [1.807, 2.05) is 24.3 Å². The predicted molar refractivity (Wildman–Crippen MR) is 67.2 cm³/mol. The molecule has 3 rings (SSSR count). The van der Waals surface area contributed by atoms with Crippen LogP contribution in [0.5, 0.6) is 0 Å². The highest BCUT2D eigenvalue weighted by Crippen LogP contribution is 2.50. The van der Waals surface area contributed by atoms with Crippen LogP contribution in [0.3, 0.4) is 0 Å². The first-order valence-electron chi connectivity index (χ1n) is 5.81. The maximum Gasteiger partial charge on any atom is 0.242 e. The average Bonchev–Trinajstić information content (AvgIpc) is 2.64. The summed E-state index contributed by atoms with van der Waals surface area (Å²) >= 11 is 0. The normalized spacial score (nSPS) is 25.3. The van der Waals surface area contributed by atoms with Crippen LogP contribution >= 0.6 is 0 Å². The van der Waals surface area contributed by atoms with Crippen LogP contribution in [0.1, 0.15) is 17.2 Å². The summed E-state index contributed by atoms with van der Waals surface area (Å²) in [7, 11) is -3.55. The molecule has 0 spiro atoms. The first kappa shape index (κ1) is 11.5. The highest BCUT2D eigenvalue weighted by atomic mass is 32.2. The number of carbonyl (C=O) groups excluding carboxylic acids is 1. The summed E-state index contributed by atoms with van der Waals surface area (Å²) in [5, 5.41) is 0. The molecule has 1 aromatic rings. The second-order valence-corrected chi connectivity index (χ2v) is 6.55. The summed E-state index contributed by atoms with van der Waals surface area (Å²) < 4.78 is 25.1. The van der Waals surface area contributed by atoms with E-state index in [-0.39, 0.29) is 23.6 Å². The van der Waals surface area contributed by atoms with Crippen molar-refractivity contribution in [2.45, 2.75) is 12.5 Å². The number of hydrogen-bond acceptors (Lipinski definition) is 3. The average molecular weight is 263 g/mol. The number of hydrogen-bond donors (Lipinski definition) is 0. The van der Waals surface area contributed by atoms with Gasteiger partial charge in [0.1, 0.15) is 0 Å². The van der Waals surface area contributed by atoms with Crippen LogP contribution in [-0.2, 0) is 21.2 Å². The molecular formula is C13H13NO3S. The number of benzene rings is 1. The second-order valence-electron chi connectivity index (χ2n) is 4.66. The van der Waals surface area contributed by atoms with Crippen molar-refractivity contribution in [1.82, 2.24) is 4.31 Å². The summed E-state index contributed by atoms with van der Waals surface area (Å²) in [5.74, 6) is -0.663. The van der Waals surface area contributed by atoms with Gasteiger partial charge in [0.05, 0.1) is 17.7 Å². The lowest BCUT2D eigenvalue weighted by atomic mass is 9.91. The Bertz CT molecular complexity index is 635. The van der Waals surface area contributed by atoms with E-state index in [1.54, 1.807) is 0 Å². The van der Waals surface area contributed by atoms with Crippen molar-refractivity contribution in [2.24, 2.45) is 5.92 Å². The zero-order valence-corrected chi connectivity index (χ0v) is 10.6. The Morgan fingerprint density at radius 1 is 1.39 bits per heavy atom. The number of fused-ring (bicyclic) bond motifs is 3. The molecule has 1 amide bonds. The zero-order valence-electron chi connectivity index (χ0n) is 9.74. The first-order valence-corrected chi connectivity index (χ1v) is 7.42. The number of amides is 1. The molecule has 2 aliphatic rings. The number of nitrogens with zero attached hydrogens (tertiary/aromatic N) is 1. The van der Waals surface area contributed by atoms with Gasteiger partial charge in [-0.3, -0.25) is 4.79 Å². The largest absolute Gasteiger partial charge is 0.273 e. The fraction of sp³-hybridized carbons (Fsp3) is 0.308. The molecule has 4 nitrogen and oxygen atoms in total. The molecule has 0 N–H and O–H groups in total. The van der Waals surface area contributed by atoms with Gasteiger partial charge in [0, 0.05) is 0 Å². The van der Waals surface area contributed by atoms with Gasteiger partial charge in [0.15, 0.2) is 0 Å². The second kappa shape index (κ2) is 3.68. The minimum Gasteiger partial charge on any atom is -0.273 e. The number of sulfonamides is 1. The molecule has 0 bridgehead atoms. The van der Waals surface area contributed by atoms with E-state index in [0.717, 1.165) is 15.4 Å². The van der Waals surface area contributed by atoms with Crippen LogP contribution in [0.4, 0.5) is 0 Å². The molecule has 94 valence electrons. The Morgan fingerprint density at radius 3 is 2.83 bits per heavy atom. The lowest BCUT2D eigenvalue weighted by molar-refractivity contribution is -0.145. The molecule has 1 fully saturated rings. The third-order valence-electron chi connectivity index (χ3n) is 3.61. The van der Waals surface area contributed by atoms with Crippen molar-refractivity contribution in [3.05, 3.63) is 48.0 Å². The molecule has 1 saturated heterocycles. The molecule has 2 unspecified atom stereocenters. The van der Waals surface area contributed by atoms with Gasteiger partial charge in [-0.15, -0.1) is 6.58 Å². The van der Waals surface area contributed by atoms with Crippen LogP contribution in [0.2, 0.25) is 0 Å². The molecule has 0 radical (unpaired) electrons. The van der Waals surface area contributed by atoms with Gasteiger partial charge in [-0.2, -0.15) is 0 Å². The SMILES string of the molecule is C=CCS(=O)(=O)N1C(=O)C2Cc3ccccc3C21. The topological polar surface area (TPSA) is 54.5 Å². The van der Waals surface area contributed by atoms with E-state index < -0.39 is 10.0 Å². The highest BCUT2D eigenvalue weighted by molar-refractivity contribution is 7.89. The highest BCUT2D eigenvalue weighted by Gasteiger charge is 2.56. The van der Waals surface area contributed by atoms with Crippen LogP contribution in [0, 0.1) is 5.92 Å². The lowest BCUT2D eigenvalue weighted by Gasteiger charge is -2.42. The van der Waals surface area contributed by atoms with Gasteiger partial charge in [0.25, 0.3) is 0 Å². The summed E-state index contributed by atoms with van der Waals surface area (Å²) in [4.78, 5) is 11.9. The Balaban J connectivity index is 2.02. The predicted octanol–water partition coefficient (Wildman–Crippen LogP) is 1.26. The molecule has 1 aromatic carbocycles. The fourth-order valence-corrected chi connectivity index (χ4v) is 4.32. The van der Waals surface area contributed by atoms with Crippen molar-refractivity contribution >= 4 is 15.9 Å². The molecule has 0 aromatic heterocycles. The molecule has 1 aliphatic carbocycles. The smallest absolute Gasteiger partial charge is 0.242 e. The van der Waals surface area contributed by atoms with Crippen molar-refractivity contribution in [1.29, 1.82) is 0 Å². The molecule has 2 atom stereocenters. The molecule has 5 heteroatoms. The number of carbonyl (C=O) groups is 1. The molecule has 18 heavy (non-hydrogen) atoms. The quantitative estimate of drug-likeness (QED) is 0.609. The summed E-state index contributed by atoms with van der Waals surface area (Å²) in [6.45, 7) is 3.42. The first-order chi connectivity index (χ1) is 8.56. The summed E-state index contributed by atoms with van der Waals surface area (Å²) in [6.07, 6.45) is 1.97. The van der Waals surface area contributed by atoms with Gasteiger partial charge in [-0.1, -0.05) is 30.3 Å². The third-order valence-corrected chi connectivity index (χ3v) is 5.27. The molecular weight excluding hydrogens is 250 g/mol. The Hall–Kier alpha value is -1.62. The van der Waals surface area contributed by atoms with E-state index in [2.05, 4.69) is 6.58 Å². The molecule has 0 saturated carbocycles. The summed E-state index contributed by atoms with van der Waals surface area (Å²) in [5.41, 5.74) is 2.05. The van der Waals surface area contributed by atoms with Crippen molar-refractivity contribution in [2.75, 3.05) is 5.75 Å². The van der Waals surface area contributed by atoms with Crippen molar-refractivity contribution in [3.8, 4) is 0 Å². The van der Waals surface area contributed by atoms with Gasteiger partial charge >= 0.3 is 0 Å². The summed E-state index contributed by atoms with van der Waals surface area (Å²) in [6, 6.07) is 7.36. The van der Waals surface area contributed by atoms with Gasteiger partial charge in [-0.05, 0) is 17.5 Å². The molecule has 1 heterocycles. The Morgan fingerprint density at radius 2 is 2.11 bits per heavy atom. The van der Waals surface area contributed by atoms with Crippen LogP contribution in [-0.4, -0.2) is 24.4 Å². The van der Waals surface area contributed by atoms with Gasteiger partial charge in [0.2, 0.25) is 15.9 Å². The Labute approximate surface area is 106 Å². The van der Waals surface area contributed by atoms with Gasteiger partial charge < -0.3 is 0 Å². The fourth-order valence-electron chi connectivity index (χ4n) is 2.84. The van der Waals surface area contributed by atoms with Crippen LogP contribution in [0.15, 0.2) is 36.9 Å². The Kier molecular flexibility index (Phi) is 2.35. The number of β-lactam (4-membered cyclic amide) rings is 1. The van der Waals surface area contributed by atoms with E-state index in [9.17, 15) is 13.2 Å². The lowest BCUT2D eigenvalue weighted by Crippen LogP contribution is -2.56.